The molecule has 0 bridgehead atoms. The molecule has 2 atom stereocenters. The van der Waals surface area contributed by atoms with Gasteiger partial charge in [-0.05, 0) is 24.5 Å². The van der Waals surface area contributed by atoms with Crippen molar-refractivity contribution in [3.63, 3.8) is 0 Å². The van der Waals surface area contributed by atoms with E-state index < -0.39 is 17.8 Å². The van der Waals surface area contributed by atoms with Crippen molar-refractivity contribution in [3.05, 3.63) is 35.4 Å². The van der Waals surface area contributed by atoms with Crippen molar-refractivity contribution >= 4 is 0 Å². The number of nitrogens with zero attached hydrogens (tertiary/aromatic N) is 1. The Morgan fingerprint density at radius 2 is 2.04 bits per heavy atom. The second-order valence-electron chi connectivity index (χ2n) is 6.48. The van der Waals surface area contributed by atoms with Gasteiger partial charge in [0.1, 0.15) is 0 Å². The molecule has 2 fully saturated rings. The maximum Gasteiger partial charge on any atom is 0.416 e. The average molecular weight is 344 g/mol. The van der Waals surface area contributed by atoms with Gasteiger partial charge in [0.05, 0.1) is 24.4 Å². The van der Waals surface area contributed by atoms with Crippen molar-refractivity contribution in [2.24, 2.45) is 0 Å². The fraction of sp³-hybridized carbons (Fsp3) is 0.647. The van der Waals surface area contributed by atoms with Crippen LogP contribution in [0.1, 0.15) is 30.1 Å². The van der Waals surface area contributed by atoms with Crippen LogP contribution in [0.5, 0.6) is 0 Å². The predicted molar refractivity (Wildman–Crippen MR) is 83.6 cm³/mol. The third-order valence-electron chi connectivity index (χ3n) is 4.57. The standard InChI is InChI=1S/C17H23F3N2O2/c18-17(19,20)15-4-2-1-3-14(15)16(23)10-21-9-13-11-22(7-8-24-13)12-5-6-12/h1-4,12-13,16,21,23H,5-11H2/t13-,16-/m0/s1. The number of nitrogens with one attached hydrogen (secondary N) is 1. The molecule has 2 aliphatic rings. The van der Waals surface area contributed by atoms with E-state index in [2.05, 4.69) is 10.2 Å². The Balaban J connectivity index is 1.50. The van der Waals surface area contributed by atoms with Crippen LogP contribution in [0.4, 0.5) is 13.2 Å². The van der Waals surface area contributed by atoms with Gasteiger partial charge in [-0.1, -0.05) is 18.2 Å². The lowest BCUT2D eigenvalue weighted by Gasteiger charge is -2.33. The zero-order valence-electron chi connectivity index (χ0n) is 13.4. The second-order valence-corrected chi connectivity index (χ2v) is 6.48. The molecule has 1 aromatic rings. The van der Waals surface area contributed by atoms with Gasteiger partial charge >= 0.3 is 6.18 Å². The number of aliphatic hydroxyl groups excluding tert-OH is 1. The maximum absolute atomic E-state index is 13.0. The van der Waals surface area contributed by atoms with E-state index in [-0.39, 0.29) is 18.2 Å². The fourth-order valence-electron chi connectivity index (χ4n) is 3.17. The zero-order valence-corrected chi connectivity index (χ0v) is 13.4. The van der Waals surface area contributed by atoms with Crippen LogP contribution in [0.15, 0.2) is 24.3 Å². The number of halogens is 3. The van der Waals surface area contributed by atoms with Gasteiger partial charge in [0.25, 0.3) is 0 Å². The van der Waals surface area contributed by atoms with E-state index in [1.165, 1.54) is 31.0 Å². The second kappa shape index (κ2) is 7.39. The fourth-order valence-corrected chi connectivity index (χ4v) is 3.17. The third-order valence-corrected chi connectivity index (χ3v) is 4.57. The molecule has 3 rings (SSSR count). The minimum atomic E-state index is -4.46. The van der Waals surface area contributed by atoms with Gasteiger partial charge in [-0.15, -0.1) is 0 Å². The molecule has 1 heterocycles. The van der Waals surface area contributed by atoms with E-state index >= 15 is 0 Å². The molecule has 1 saturated carbocycles. The number of ether oxygens (including phenoxy) is 1. The molecule has 4 nitrogen and oxygen atoms in total. The number of alkyl halides is 3. The van der Waals surface area contributed by atoms with Crippen LogP contribution in [0.25, 0.3) is 0 Å². The lowest BCUT2D eigenvalue weighted by molar-refractivity contribution is -0.139. The number of rotatable bonds is 6. The van der Waals surface area contributed by atoms with Crippen molar-refractivity contribution in [2.75, 3.05) is 32.8 Å². The smallest absolute Gasteiger partial charge is 0.387 e. The van der Waals surface area contributed by atoms with Gasteiger partial charge in [0.2, 0.25) is 0 Å². The van der Waals surface area contributed by atoms with Gasteiger partial charge in [0, 0.05) is 32.2 Å². The van der Waals surface area contributed by atoms with Crippen LogP contribution < -0.4 is 5.32 Å². The predicted octanol–water partition coefficient (Wildman–Crippen LogP) is 2.19. The molecule has 0 spiro atoms. The number of benzene rings is 1. The first-order valence-electron chi connectivity index (χ1n) is 8.35. The topological polar surface area (TPSA) is 44.7 Å². The number of morpholine rings is 1. The Labute approximate surface area is 139 Å². The first kappa shape index (κ1) is 17.7. The van der Waals surface area contributed by atoms with E-state index in [0.29, 0.717) is 19.2 Å². The first-order chi connectivity index (χ1) is 11.4. The average Bonchev–Trinajstić information content (AvgIpc) is 3.39. The summed E-state index contributed by atoms with van der Waals surface area (Å²) in [6.07, 6.45) is -3.16. The molecule has 0 radical (unpaired) electrons. The molecular formula is C17H23F3N2O2. The zero-order chi connectivity index (χ0) is 17.2. The number of hydrogen-bond donors (Lipinski definition) is 2. The summed E-state index contributed by atoms with van der Waals surface area (Å²) in [7, 11) is 0. The highest BCUT2D eigenvalue weighted by molar-refractivity contribution is 5.31. The lowest BCUT2D eigenvalue weighted by atomic mass is 10.0. The Morgan fingerprint density at radius 3 is 2.75 bits per heavy atom. The summed E-state index contributed by atoms with van der Waals surface area (Å²) in [5, 5.41) is 13.2. The highest BCUT2D eigenvalue weighted by atomic mass is 19.4. The van der Waals surface area contributed by atoms with Crippen LogP contribution in [0.2, 0.25) is 0 Å². The Kier molecular flexibility index (Phi) is 5.44. The minimum Gasteiger partial charge on any atom is -0.387 e. The van der Waals surface area contributed by atoms with Crippen LogP contribution in [0.3, 0.4) is 0 Å². The summed E-state index contributed by atoms with van der Waals surface area (Å²) in [5.41, 5.74) is -0.880. The van der Waals surface area contributed by atoms with Crippen LogP contribution in [0, 0.1) is 0 Å². The van der Waals surface area contributed by atoms with E-state index in [9.17, 15) is 18.3 Å². The molecule has 1 aliphatic carbocycles. The van der Waals surface area contributed by atoms with E-state index in [0.717, 1.165) is 19.2 Å². The summed E-state index contributed by atoms with van der Waals surface area (Å²) in [6, 6.07) is 5.83. The molecule has 1 saturated heterocycles. The normalized spacial score (nSPS) is 24.1. The van der Waals surface area contributed by atoms with Gasteiger partial charge in [-0.25, -0.2) is 0 Å². The SMILES string of the molecule is O[C@@H](CNC[C@H]1CN(C2CC2)CCO1)c1ccccc1C(F)(F)F. The number of hydrogen-bond acceptors (Lipinski definition) is 4. The van der Waals surface area contributed by atoms with Gasteiger partial charge in [-0.3, -0.25) is 4.90 Å². The van der Waals surface area contributed by atoms with Crippen molar-refractivity contribution in [2.45, 2.75) is 37.3 Å². The monoisotopic (exact) mass is 344 g/mol. The summed E-state index contributed by atoms with van der Waals surface area (Å²) in [4.78, 5) is 2.41. The minimum absolute atomic E-state index is 0.0180. The maximum atomic E-state index is 13.0. The molecule has 7 heteroatoms. The molecule has 0 amide bonds. The Hall–Kier alpha value is -1.15. The van der Waals surface area contributed by atoms with E-state index in [1.807, 2.05) is 0 Å². The summed E-state index contributed by atoms with van der Waals surface area (Å²) in [5.74, 6) is 0. The molecule has 0 unspecified atom stereocenters. The molecule has 2 N–H and O–H groups in total. The van der Waals surface area contributed by atoms with Crippen LogP contribution in [-0.4, -0.2) is 54.9 Å². The Morgan fingerprint density at radius 1 is 1.29 bits per heavy atom. The van der Waals surface area contributed by atoms with Crippen LogP contribution in [-0.2, 0) is 10.9 Å². The van der Waals surface area contributed by atoms with Crippen molar-refractivity contribution in [3.8, 4) is 0 Å². The largest absolute Gasteiger partial charge is 0.416 e. The van der Waals surface area contributed by atoms with E-state index in [4.69, 9.17) is 4.74 Å². The summed E-state index contributed by atoms with van der Waals surface area (Å²) >= 11 is 0. The van der Waals surface area contributed by atoms with Crippen LogP contribution >= 0.6 is 0 Å². The molecule has 24 heavy (non-hydrogen) atoms. The number of aliphatic hydroxyl groups is 1. The summed E-state index contributed by atoms with van der Waals surface area (Å²) in [6.45, 7) is 3.06. The van der Waals surface area contributed by atoms with Crippen molar-refractivity contribution in [1.29, 1.82) is 0 Å². The lowest BCUT2D eigenvalue weighted by Crippen LogP contribution is -2.47. The Bertz CT molecular complexity index is 549. The van der Waals surface area contributed by atoms with Gasteiger partial charge in [-0.2, -0.15) is 13.2 Å². The van der Waals surface area contributed by atoms with Gasteiger partial charge < -0.3 is 15.2 Å². The molecule has 1 aromatic carbocycles. The highest BCUT2D eigenvalue weighted by Crippen LogP contribution is 2.34. The molecule has 134 valence electrons. The first-order valence-corrected chi connectivity index (χ1v) is 8.35. The molecular weight excluding hydrogens is 321 g/mol. The van der Waals surface area contributed by atoms with Crippen molar-refractivity contribution < 1.29 is 23.0 Å². The quantitative estimate of drug-likeness (QED) is 0.830. The van der Waals surface area contributed by atoms with Crippen molar-refractivity contribution in [1.82, 2.24) is 10.2 Å². The molecule has 0 aromatic heterocycles. The highest BCUT2D eigenvalue weighted by Gasteiger charge is 2.35. The van der Waals surface area contributed by atoms with E-state index in [1.54, 1.807) is 0 Å². The third kappa shape index (κ3) is 4.47. The molecule has 1 aliphatic heterocycles. The van der Waals surface area contributed by atoms with Gasteiger partial charge in [0.15, 0.2) is 0 Å². The summed E-state index contributed by atoms with van der Waals surface area (Å²) < 4.78 is 44.7.